The van der Waals surface area contributed by atoms with Crippen LogP contribution in [-0.4, -0.2) is 26.9 Å². The van der Waals surface area contributed by atoms with E-state index in [1.54, 1.807) is 31.4 Å². The van der Waals surface area contributed by atoms with Crippen molar-refractivity contribution in [2.24, 2.45) is 7.05 Å². The molecule has 7 heteroatoms. The fourth-order valence-corrected chi connectivity index (χ4v) is 3.70. The summed E-state index contributed by atoms with van der Waals surface area (Å²) in [7, 11) is 1.86. The average Bonchev–Trinajstić information content (AvgIpc) is 2.97. The molecule has 0 aromatic carbocycles. The van der Waals surface area contributed by atoms with Crippen LogP contribution in [0.15, 0.2) is 17.1 Å². The number of aromatic nitrogens is 3. The molecule has 3 aromatic rings. The average molecular weight is 319 g/mol. The second-order valence-corrected chi connectivity index (χ2v) is 6.47. The lowest BCUT2D eigenvalue weighted by atomic mass is 10.3. The Labute approximate surface area is 130 Å². The highest BCUT2D eigenvalue weighted by atomic mass is 32.1. The highest BCUT2D eigenvalue weighted by Crippen LogP contribution is 2.32. The number of ether oxygens (including phenoxy) is 1. The van der Waals surface area contributed by atoms with Crippen molar-refractivity contribution in [2.75, 3.05) is 6.61 Å². The van der Waals surface area contributed by atoms with Crippen molar-refractivity contribution in [2.45, 2.75) is 26.8 Å². The Morgan fingerprint density at radius 3 is 2.91 bits per heavy atom. The quantitative estimate of drug-likeness (QED) is 0.695. The van der Waals surface area contributed by atoms with Crippen LogP contribution in [-0.2, 0) is 16.6 Å². The van der Waals surface area contributed by atoms with Crippen molar-refractivity contribution in [1.82, 2.24) is 14.3 Å². The van der Waals surface area contributed by atoms with Gasteiger partial charge in [0.2, 0.25) is 0 Å². The number of fused-ring (bicyclic) bond motifs is 3. The first-order chi connectivity index (χ1) is 10.5. The number of carbonyl (C=O) groups is 1. The number of esters is 1. The SMILES string of the molecule is CCOC(=O)[C@H](C)n1ncc2c3sc(C)cc3n(C)c2c1=O. The van der Waals surface area contributed by atoms with Crippen LogP contribution in [0.3, 0.4) is 0 Å². The van der Waals surface area contributed by atoms with Gasteiger partial charge in [-0.3, -0.25) is 4.79 Å². The molecule has 1 atom stereocenters. The molecule has 3 heterocycles. The molecule has 0 aliphatic rings. The molecular formula is C15H17N3O3S. The Morgan fingerprint density at radius 1 is 1.50 bits per heavy atom. The van der Waals surface area contributed by atoms with Crippen LogP contribution in [0.25, 0.3) is 21.1 Å². The number of aryl methyl sites for hydroxylation is 2. The third-order valence-electron chi connectivity index (χ3n) is 3.75. The highest BCUT2D eigenvalue weighted by Gasteiger charge is 2.22. The number of carbonyl (C=O) groups excluding carboxylic acids is 1. The molecule has 0 amide bonds. The zero-order chi connectivity index (χ0) is 16.0. The largest absolute Gasteiger partial charge is 0.464 e. The molecule has 0 aliphatic heterocycles. The van der Waals surface area contributed by atoms with E-state index >= 15 is 0 Å². The fourth-order valence-electron chi connectivity index (χ4n) is 2.65. The Hall–Kier alpha value is -2.15. The van der Waals surface area contributed by atoms with Gasteiger partial charge in [0.15, 0.2) is 6.04 Å². The molecule has 0 radical (unpaired) electrons. The highest BCUT2D eigenvalue weighted by molar-refractivity contribution is 7.20. The molecule has 0 saturated heterocycles. The standard InChI is InChI=1S/C15H17N3O3S/c1-5-21-15(20)9(3)18-14(19)12-10(7-16-18)13-11(17(12)4)6-8(2)22-13/h6-7,9H,5H2,1-4H3/t9-/m0/s1. The first-order valence-electron chi connectivity index (χ1n) is 7.08. The molecular weight excluding hydrogens is 302 g/mol. The lowest BCUT2D eigenvalue weighted by Gasteiger charge is -2.12. The Morgan fingerprint density at radius 2 is 2.23 bits per heavy atom. The van der Waals surface area contributed by atoms with Crippen LogP contribution in [0.1, 0.15) is 24.8 Å². The first-order valence-corrected chi connectivity index (χ1v) is 7.90. The third kappa shape index (κ3) is 2.04. The summed E-state index contributed by atoms with van der Waals surface area (Å²) in [5.41, 5.74) is 1.30. The summed E-state index contributed by atoms with van der Waals surface area (Å²) in [6.45, 7) is 5.67. The van der Waals surface area contributed by atoms with E-state index in [1.807, 2.05) is 18.5 Å². The van der Waals surface area contributed by atoms with E-state index in [-0.39, 0.29) is 12.2 Å². The van der Waals surface area contributed by atoms with Crippen molar-refractivity contribution in [1.29, 1.82) is 0 Å². The van der Waals surface area contributed by atoms with Gasteiger partial charge in [-0.1, -0.05) is 0 Å². The smallest absolute Gasteiger partial charge is 0.330 e. The maximum absolute atomic E-state index is 12.7. The van der Waals surface area contributed by atoms with Crippen molar-refractivity contribution in [3.63, 3.8) is 0 Å². The van der Waals surface area contributed by atoms with Crippen LogP contribution in [0.4, 0.5) is 0 Å². The molecule has 6 nitrogen and oxygen atoms in total. The minimum atomic E-state index is -0.744. The minimum Gasteiger partial charge on any atom is -0.464 e. The molecule has 3 aromatic heterocycles. The van der Waals surface area contributed by atoms with Gasteiger partial charge in [0.05, 0.1) is 23.0 Å². The van der Waals surface area contributed by atoms with E-state index in [4.69, 9.17) is 4.74 Å². The summed E-state index contributed by atoms with van der Waals surface area (Å²) in [4.78, 5) is 25.8. The van der Waals surface area contributed by atoms with Gasteiger partial charge in [-0.15, -0.1) is 11.3 Å². The number of rotatable bonds is 3. The summed E-state index contributed by atoms with van der Waals surface area (Å²) >= 11 is 1.64. The molecule has 0 N–H and O–H groups in total. The third-order valence-corrected chi connectivity index (χ3v) is 4.82. The number of thiophene rings is 1. The Balaban J connectivity index is 2.24. The summed E-state index contributed by atoms with van der Waals surface area (Å²) in [6, 6.07) is 1.31. The van der Waals surface area contributed by atoms with Gasteiger partial charge in [-0.25, -0.2) is 9.48 Å². The van der Waals surface area contributed by atoms with E-state index < -0.39 is 12.0 Å². The second-order valence-electron chi connectivity index (χ2n) is 5.22. The monoisotopic (exact) mass is 319 g/mol. The fraction of sp³-hybridized carbons (Fsp3) is 0.400. The molecule has 0 bridgehead atoms. The van der Waals surface area contributed by atoms with Gasteiger partial charge in [0, 0.05) is 17.3 Å². The van der Waals surface area contributed by atoms with Crippen molar-refractivity contribution < 1.29 is 9.53 Å². The topological polar surface area (TPSA) is 66.1 Å². The van der Waals surface area contributed by atoms with Crippen LogP contribution in [0.5, 0.6) is 0 Å². The van der Waals surface area contributed by atoms with E-state index in [1.165, 1.54) is 9.56 Å². The lowest BCUT2D eigenvalue weighted by Crippen LogP contribution is -2.32. The Kier molecular flexibility index (Phi) is 3.52. The summed E-state index contributed by atoms with van der Waals surface area (Å²) in [5, 5.41) is 5.01. The van der Waals surface area contributed by atoms with Crippen LogP contribution in [0, 0.1) is 6.92 Å². The van der Waals surface area contributed by atoms with E-state index in [0.29, 0.717) is 5.52 Å². The molecule has 3 rings (SSSR count). The van der Waals surface area contributed by atoms with Crippen molar-refractivity contribution in [3.05, 3.63) is 27.5 Å². The molecule has 0 unspecified atom stereocenters. The van der Waals surface area contributed by atoms with E-state index in [2.05, 4.69) is 11.2 Å². The zero-order valence-electron chi connectivity index (χ0n) is 12.9. The van der Waals surface area contributed by atoms with Gasteiger partial charge < -0.3 is 9.30 Å². The molecule has 0 fully saturated rings. The van der Waals surface area contributed by atoms with Crippen molar-refractivity contribution in [3.8, 4) is 0 Å². The zero-order valence-corrected chi connectivity index (χ0v) is 13.7. The van der Waals surface area contributed by atoms with Crippen molar-refractivity contribution >= 4 is 38.4 Å². The Bertz CT molecular complexity index is 935. The maximum Gasteiger partial charge on any atom is 0.330 e. The van der Waals surface area contributed by atoms with Gasteiger partial charge in [0.1, 0.15) is 5.52 Å². The number of nitrogens with zero attached hydrogens (tertiary/aromatic N) is 3. The van der Waals surface area contributed by atoms with Crippen LogP contribution >= 0.6 is 11.3 Å². The molecule has 22 heavy (non-hydrogen) atoms. The van der Waals surface area contributed by atoms with E-state index in [0.717, 1.165) is 15.6 Å². The summed E-state index contributed by atoms with van der Waals surface area (Å²) < 4.78 is 9.08. The van der Waals surface area contributed by atoms with Crippen LogP contribution < -0.4 is 5.56 Å². The predicted octanol–water partition coefficient (Wildman–Crippen LogP) is 2.38. The maximum atomic E-state index is 12.7. The minimum absolute atomic E-state index is 0.276. The molecule has 0 saturated carbocycles. The normalized spacial score (nSPS) is 12.9. The number of hydrogen-bond acceptors (Lipinski definition) is 5. The number of hydrogen-bond donors (Lipinski definition) is 0. The van der Waals surface area contributed by atoms with Gasteiger partial charge in [-0.05, 0) is 26.8 Å². The summed E-state index contributed by atoms with van der Waals surface area (Å²) in [5.74, 6) is -0.455. The predicted molar refractivity (Wildman–Crippen MR) is 86.4 cm³/mol. The molecule has 0 spiro atoms. The molecule has 0 aliphatic carbocycles. The van der Waals surface area contributed by atoms with Gasteiger partial charge in [-0.2, -0.15) is 5.10 Å². The lowest BCUT2D eigenvalue weighted by molar-refractivity contribution is -0.147. The second kappa shape index (κ2) is 5.24. The van der Waals surface area contributed by atoms with E-state index in [9.17, 15) is 9.59 Å². The first kappa shape index (κ1) is 14.8. The summed E-state index contributed by atoms with van der Waals surface area (Å²) in [6.07, 6.45) is 1.66. The van der Waals surface area contributed by atoms with Gasteiger partial charge in [0.25, 0.3) is 5.56 Å². The van der Waals surface area contributed by atoms with Crippen LogP contribution in [0.2, 0.25) is 0 Å². The molecule has 116 valence electrons. The van der Waals surface area contributed by atoms with Gasteiger partial charge >= 0.3 is 5.97 Å².